The predicted molar refractivity (Wildman–Crippen MR) is 42.1 cm³/mol. The van der Waals surface area contributed by atoms with Crippen molar-refractivity contribution in [3.63, 3.8) is 0 Å². The number of hydrogen-bond donors (Lipinski definition) is 0. The van der Waals surface area contributed by atoms with Gasteiger partial charge in [-0.3, -0.25) is 0 Å². The van der Waals surface area contributed by atoms with E-state index in [1.54, 1.807) is 0 Å². The minimum atomic E-state index is 0.791. The Balaban J connectivity index is 2.31. The van der Waals surface area contributed by atoms with E-state index in [2.05, 4.69) is 11.2 Å². The first-order valence-corrected chi connectivity index (χ1v) is 3.72. The first kappa shape index (κ1) is 7.32. The second kappa shape index (κ2) is 4.09. The van der Waals surface area contributed by atoms with Crippen molar-refractivity contribution < 1.29 is 4.84 Å². The molecule has 1 aliphatic rings. The molecule has 0 saturated carbocycles. The van der Waals surface area contributed by atoms with Crippen LogP contribution in [-0.4, -0.2) is 12.3 Å². The Hall–Kier alpha value is -0.790. The van der Waals surface area contributed by atoms with Crippen LogP contribution in [0.15, 0.2) is 17.3 Å². The lowest BCUT2D eigenvalue weighted by Gasteiger charge is -2.08. The van der Waals surface area contributed by atoms with Crippen LogP contribution in [0.1, 0.15) is 26.2 Å². The average Bonchev–Trinajstić information content (AvgIpc) is 2.03. The second-order valence-electron chi connectivity index (χ2n) is 2.37. The highest BCUT2D eigenvalue weighted by molar-refractivity contribution is 5.85. The number of rotatable bonds is 2. The van der Waals surface area contributed by atoms with Crippen LogP contribution in [0.4, 0.5) is 0 Å². The van der Waals surface area contributed by atoms with Gasteiger partial charge in [0.05, 0.1) is 5.71 Å². The number of nitrogens with zero attached hydrogens (tertiary/aromatic N) is 1. The summed E-state index contributed by atoms with van der Waals surface area (Å²) in [5.41, 5.74) is 1.17. The summed E-state index contributed by atoms with van der Waals surface area (Å²) in [5.74, 6) is 0. The minimum Gasteiger partial charge on any atom is -0.396 e. The third-order valence-electron chi connectivity index (χ3n) is 1.48. The summed E-state index contributed by atoms with van der Waals surface area (Å²) in [7, 11) is 0. The van der Waals surface area contributed by atoms with Gasteiger partial charge in [0.2, 0.25) is 0 Å². The van der Waals surface area contributed by atoms with E-state index in [-0.39, 0.29) is 0 Å². The van der Waals surface area contributed by atoms with Gasteiger partial charge < -0.3 is 4.84 Å². The Morgan fingerprint density at radius 1 is 1.70 bits per heavy atom. The summed E-state index contributed by atoms with van der Waals surface area (Å²) in [4.78, 5) is 4.93. The summed E-state index contributed by atoms with van der Waals surface area (Å²) < 4.78 is 0. The Morgan fingerprint density at radius 2 is 2.60 bits per heavy atom. The summed E-state index contributed by atoms with van der Waals surface area (Å²) >= 11 is 0. The molecule has 0 aliphatic carbocycles. The SMILES string of the molecule is C/C=C/CC1=NOCCC1. The molecule has 0 aromatic heterocycles. The van der Waals surface area contributed by atoms with E-state index in [1.165, 1.54) is 5.71 Å². The van der Waals surface area contributed by atoms with Crippen molar-refractivity contribution in [1.82, 2.24) is 0 Å². The summed E-state index contributed by atoms with van der Waals surface area (Å²) in [6.07, 6.45) is 7.32. The van der Waals surface area contributed by atoms with Crippen LogP contribution in [0.25, 0.3) is 0 Å². The van der Waals surface area contributed by atoms with E-state index in [0.29, 0.717) is 0 Å². The van der Waals surface area contributed by atoms with Gasteiger partial charge in [-0.2, -0.15) is 0 Å². The predicted octanol–water partition coefficient (Wildman–Crippen LogP) is 2.12. The van der Waals surface area contributed by atoms with Crippen LogP contribution >= 0.6 is 0 Å². The van der Waals surface area contributed by atoms with Gasteiger partial charge in [-0.05, 0) is 19.8 Å². The zero-order valence-corrected chi connectivity index (χ0v) is 6.34. The smallest absolute Gasteiger partial charge is 0.117 e. The molecule has 1 aliphatic heterocycles. The van der Waals surface area contributed by atoms with Crippen LogP contribution in [0, 0.1) is 0 Å². The molecule has 0 bridgehead atoms. The maximum absolute atomic E-state index is 4.93. The first-order valence-electron chi connectivity index (χ1n) is 3.72. The van der Waals surface area contributed by atoms with Crippen molar-refractivity contribution in [2.24, 2.45) is 5.16 Å². The molecule has 56 valence electrons. The fourth-order valence-electron chi connectivity index (χ4n) is 0.917. The minimum absolute atomic E-state index is 0.791. The second-order valence-corrected chi connectivity index (χ2v) is 2.37. The first-order chi connectivity index (χ1) is 4.93. The largest absolute Gasteiger partial charge is 0.396 e. The van der Waals surface area contributed by atoms with Gasteiger partial charge in [0.25, 0.3) is 0 Å². The number of oxime groups is 1. The van der Waals surface area contributed by atoms with Gasteiger partial charge in [-0.15, -0.1) is 0 Å². The molecule has 0 amide bonds. The van der Waals surface area contributed by atoms with Gasteiger partial charge in [-0.25, -0.2) is 0 Å². The maximum atomic E-state index is 4.93. The summed E-state index contributed by atoms with van der Waals surface area (Å²) in [5, 5.41) is 3.93. The van der Waals surface area contributed by atoms with Gasteiger partial charge in [0.15, 0.2) is 0 Å². The van der Waals surface area contributed by atoms with E-state index >= 15 is 0 Å². The fraction of sp³-hybridized carbons (Fsp3) is 0.625. The maximum Gasteiger partial charge on any atom is 0.117 e. The lowest BCUT2D eigenvalue weighted by molar-refractivity contribution is 0.130. The van der Waals surface area contributed by atoms with Crippen molar-refractivity contribution >= 4 is 5.71 Å². The molecule has 0 saturated heterocycles. The highest BCUT2D eigenvalue weighted by atomic mass is 16.6. The third kappa shape index (κ3) is 2.21. The van der Waals surface area contributed by atoms with E-state index in [9.17, 15) is 0 Å². The van der Waals surface area contributed by atoms with Crippen LogP contribution in [0.5, 0.6) is 0 Å². The monoisotopic (exact) mass is 139 g/mol. The van der Waals surface area contributed by atoms with Gasteiger partial charge >= 0.3 is 0 Å². The molecule has 2 heteroatoms. The van der Waals surface area contributed by atoms with Gasteiger partial charge in [0.1, 0.15) is 6.61 Å². The van der Waals surface area contributed by atoms with Crippen LogP contribution < -0.4 is 0 Å². The van der Waals surface area contributed by atoms with Crippen molar-refractivity contribution in [3.05, 3.63) is 12.2 Å². The molecule has 0 radical (unpaired) electrons. The Kier molecular flexibility index (Phi) is 3.00. The molecule has 0 spiro atoms. The van der Waals surface area contributed by atoms with Crippen molar-refractivity contribution in [3.8, 4) is 0 Å². The molecule has 2 nitrogen and oxygen atoms in total. The van der Waals surface area contributed by atoms with Crippen molar-refractivity contribution in [2.45, 2.75) is 26.2 Å². The topological polar surface area (TPSA) is 21.6 Å². The normalized spacial score (nSPS) is 18.7. The van der Waals surface area contributed by atoms with E-state index in [0.717, 1.165) is 25.9 Å². The zero-order valence-electron chi connectivity index (χ0n) is 6.34. The third-order valence-corrected chi connectivity index (χ3v) is 1.48. The van der Waals surface area contributed by atoms with Gasteiger partial charge in [-0.1, -0.05) is 17.3 Å². The molecular weight excluding hydrogens is 126 g/mol. The highest BCUT2D eigenvalue weighted by Gasteiger charge is 2.03. The molecule has 1 rings (SSSR count). The highest BCUT2D eigenvalue weighted by Crippen LogP contribution is 2.05. The van der Waals surface area contributed by atoms with Crippen LogP contribution in [0.3, 0.4) is 0 Å². The number of allylic oxidation sites excluding steroid dienone is 2. The molecule has 0 aromatic rings. The van der Waals surface area contributed by atoms with Gasteiger partial charge in [0, 0.05) is 6.42 Å². The van der Waals surface area contributed by atoms with E-state index in [1.807, 2.05) is 13.0 Å². The van der Waals surface area contributed by atoms with Crippen molar-refractivity contribution in [2.75, 3.05) is 6.61 Å². The van der Waals surface area contributed by atoms with E-state index < -0.39 is 0 Å². The Morgan fingerprint density at radius 3 is 3.20 bits per heavy atom. The molecule has 0 atom stereocenters. The fourth-order valence-corrected chi connectivity index (χ4v) is 0.917. The van der Waals surface area contributed by atoms with Crippen LogP contribution in [-0.2, 0) is 4.84 Å². The quantitative estimate of drug-likeness (QED) is 0.537. The van der Waals surface area contributed by atoms with Crippen LogP contribution in [0.2, 0.25) is 0 Å². The molecule has 0 N–H and O–H groups in total. The van der Waals surface area contributed by atoms with E-state index in [4.69, 9.17) is 4.84 Å². The van der Waals surface area contributed by atoms with Crippen molar-refractivity contribution in [1.29, 1.82) is 0 Å². The molecule has 10 heavy (non-hydrogen) atoms. The molecule has 0 fully saturated rings. The molecular formula is C8H13NO. The standard InChI is InChI=1S/C8H13NO/c1-2-3-5-8-6-4-7-10-9-8/h2-3H,4-7H2,1H3/b3-2+. The lowest BCUT2D eigenvalue weighted by atomic mass is 10.1. The molecule has 1 heterocycles. The average molecular weight is 139 g/mol. The lowest BCUT2D eigenvalue weighted by Crippen LogP contribution is -2.06. The Bertz CT molecular complexity index is 149. The Labute approximate surface area is 61.6 Å². The zero-order chi connectivity index (χ0) is 7.23. The summed E-state index contributed by atoms with van der Waals surface area (Å²) in [6, 6.07) is 0. The molecule has 0 unspecified atom stereocenters. The molecule has 0 aromatic carbocycles. The summed E-state index contributed by atoms with van der Waals surface area (Å²) in [6.45, 7) is 2.81. The number of hydrogen-bond acceptors (Lipinski definition) is 2.